The van der Waals surface area contributed by atoms with Crippen molar-refractivity contribution >= 4 is 3.90 Å². The standard InChI is InChI=1S/C14H16N.C2H6.CH3.W/c1-3-12(2)10-13-6-4-7-14(11-13)15-8-5-9-15;1-2;;/h4,7,10-11H,5,8-9H2,1-2H3;1-2H3;1H3;/q-1;;-1;. The molecular formula is C17H25NW-2. The van der Waals surface area contributed by atoms with Crippen molar-refractivity contribution in [3.63, 3.8) is 0 Å². The Hall–Kier alpha value is -0.682. The van der Waals surface area contributed by atoms with Crippen molar-refractivity contribution in [2.24, 2.45) is 0 Å². The predicted octanol–water partition coefficient (Wildman–Crippen LogP) is 4.04. The molecule has 1 nitrogen and oxygen atoms in total. The molecule has 1 aliphatic heterocycles. The van der Waals surface area contributed by atoms with Crippen molar-refractivity contribution in [1.29, 1.82) is 0 Å². The minimum Gasteiger partial charge on any atom is -0.358 e. The molecule has 0 saturated carbocycles. The Morgan fingerprint density at radius 1 is 1.32 bits per heavy atom. The minimum atomic E-state index is 0. The van der Waals surface area contributed by atoms with E-state index in [1.807, 2.05) is 20.8 Å². The molecular weight excluding hydrogens is 402 g/mol. The summed E-state index contributed by atoms with van der Waals surface area (Å²) in [7, 11) is 0. The van der Waals surface area contributed by atoms with Crippen LogP contribution in [0.5, 0.6) is 0 Å². The van der Waals surface area contributed by atoms with Crippen LogP contribution in [0.3, 0.4) is 0 Å². The first-order valence-electron chi connectivity index (χ1n) is 6.63. The first-order valence-corrected chi connectivity index (χ1v) is 8.09. The average molecular weight is 427 g/mol. The molecule has 1 heterocycles. The maximum absolute atomic E-state index is 3.17. The van der Waals surface area contributed by atoms with Gasteiger partial charge in [0.1, 0.15) is 0 Å². The van der Waals surface area contributed by atoms with Crippen molar-refractivity contribution in [1.82, 2.24) is 4.90 Å². The number of hydrogen-bond donors (Lipinski definition) is 0. The summed E-state index contributed by atoms with van der Waals surface area (Å²) < 4.78 is 1.42. The van der Waals surface area contributed by atoms with Crippen molar-refractivity contribution < 1.29 is 19.4 Å². The maximum atomic E-state index is 3.17. The van der Waals surface area contributed by atoms with Crippen LogP contribution < -0.4 is 0 Å². The average Bonchev–Trinajstić information content (AvgIpc) is 2.33. The molecule has 1 fully saturated rings. The zero-order valence-corrected chi connectivity index (χ0v) is 15.7. The van der Waals surface area contributed by atoms with Gasteiger partial charge in [-0.1, -0.05) is 13.8 Å². The number of nitrogens with zero attached hydrogens (tertiary/aromatic N) is 1. The molecule has 0 aromatic heterocycles. The van der Waals surface area contributed by atoms with E-state index in [4.69, 9.17) is 0 Å². The van der Waals surface area contributed by atoms with Crippen LogP contribution in [-0.4, -0.2) is 21.9 Å². The Labute approximate surface area is 130 Å². The molecule has 0 radical (unpaired) electrons. The smallest absolute Gasteiger partial charge is 0.358 e. The molecule has 0 atom stereocenters. The minimum absolute atomic E-state index is 0. The SMILES string of the molecule is CC.C[C-]=C(C)C=C1C=C(N2CCC2)C=C[C]1=[W].[CH3-]. The van der Waals surface area contributed by atoms with Crippen LogP contribution in [-0.2, 0) is 19.4 Å². The van der Waals surface area contributed by atoms with Crippen LogP contribution in [0.1, 0.15) is 34.1 Å². The number of allylic oxidation sites excluding steroid dienone is 7. The van der Waals surface area contributed by atoms with Gasteiger partial charge < -0.3 is 7.43 Å². The molecule has 0 aromatic carbocycles. The Kier molecular flexibility index (Phi) is 8.93. The second-order valence-corrected chi connectivity index (χ2v) is 5.72. The molecule has 0 aromatic rings. The van der Waals surface area contributed by atoms with E-state index < -0.39 is 0 Å². The molecule has 0 amide bonds. The first-order chi connectivity index (χ1) is 8.70. The summed E-state index contributed by atoms with van der Waals surface area (Å²) in [6, 6.07) is 0. The van der Waals surface area contributed by atoms with Crippen molar-refractivity contribution in [3.8, 4) is 0 Å². The molecule has 106 valence electrons. The van der Waals surface area contributed by atoms with Gasteiger partial charge in [-0.15, -0.1) is 0 Å². The van der Waals surface area contributed by atoms with Gasteiger partial charge in [0, 0.05) is 0 Å². The fraction of sp³-hybridized carbons (Fsp3) is 0.412. The third-order valence-electron chi connectivity index (χ3n) is 2.98. The summed E-state index contributed by atoms with van der Waals surface area (Å²) in [4.78, 5) is 2.43. The van der Waals surface area contributed by atoms with Gasteiger partial charge in [-0.05, 0) is 0 Å². The Morgan fingerprint density at radius 3 is 2.42 bits per heavy atom. The van der Waals surface area contributed by atoms with Crippen LogP contribution in [0.15, 0.2) is 41.1 Å². The number of hydrogen-bond acceptors (Lipinski definition) is 1. The van der Waals surface area contributed by atoms with E-state index in [0.717, 1.165) is 0 Å². The molecule has 0 N–H and O–H groups in total. The number of likely N-dealkylation sites (tertiary alicyclic amines) is 1. The molecule has 1 saturated heterocycles. The van der Waals surface area contributed by atoms with E-state index in [1.54, 1.807) is 0 Å². The summed E-state index contributed by atoms with van der Waals surface area (Å²) in [5.41, 5.74) is 3.93. The van der Waals surface area contributed by atoms with E-state index in [0.29, 0.717) is 0 Å². The topological polar surface area (TPSA) is 3.24 Å². The molecule has 0 bridgehead atoms. The molecule has 2 heteroatoms. The predicted molar refractivity (Wildman–Crippen MR) is 82.4 cm³/mol. The zero-order valence-electron chi connectivity index (χ0n) is 12.8. The van der Waals surface area contributed by atoms with Crippen molar-refractivity contribution in [3.05, 3.63) is 54.7 Å². The van der Waals surface area contributed by atoms with Crippen LogP contribution in [0, 0.1) is 13.5 Å². The second kappa shape index (κ2) is 9.26. The summed E-state index contributed by atoms with van der Waals surface area (Å²) in [5, 5.41) is 0. The van der Waals surface area contributed by atoms with Gasteiger partial charge in [-0.2, -0.15) is 0 Å². The van der Waals surface area contributed by atoms with Gasteiger partial charge >= 0.3 is 109 Å². The van der Waals surface area contributed by atoms with E-state index in [1.165, 1.54) is 59.6 Å². The van der Waals surface area contributed by atoms with Crippen LogP contribution in [0.2, 0.25) is 0 Å². The summed E-state index contributed by atoms with van der Waals surface area (Å²) >= 11 is 1.53. The Balaban J connectivity index is 0.00000103. The monoisotopic (exact) mass is 427 g/mol. The molecule has 2 aliphatic rings. The van der Waals surface area contributed by atoms with Gasteiger partial charge in [-0.25, -0.2) is 0 Å². The van der Waals surface area contributed by atoms with E-state index in [-0.39, 0.29) is 7.43 Å². The van der Waals surface area contributed by atoms with Crippen molar-refractivity contribution in [2.75, 3.05) is 13.1 Å². The quantitative estimate of drug-likeness (QED) is 0.602. The Morgan fingerprint density at radius 2 is 1.95 bits per heavy atom. The summed E-state index contributed by atoms with van der Waals surface area (Å²) in [6.45, 7) is 10.5. The largest absolute Gasteiger partial charge is 0.358 e. The van der Waals surface area contributed by atoms with E-state index >= 15 is 0 Å². The second-order valence-electron chi connectivity index (χ2n) is 4.14. The van der Waals surface area contributed by atoms with Gasteiger partial charge in [-0.3, -0.25) is 0 Å². The van der Waals surface area contributed by atoms with Gasteiger partial charge in [0.15, 0.2) is 0 Å². The molecule has 0 spiro atoms. The summed E-state index contributed by atoms with van der Waals surface area (Å²) in [6.07, 6.45) is 13.5. The normalized spacial score (nSPS) is 20.1. The molecule has 0 unspecified atom stereocenters. The summed E-state index contributed by atoms with van der Waals surface area (Å²) in [5.74, 6) is 0. The van der Waals surface area contributed by atoms with Crippen molar-refractivity contribution in [2.45, 2.75) is 34.1 Å². The molecule has 1 aliphatic carbocycles. The van der Waals surface area contributed by atoms with E-state index in [9.17, 15) is 0 Å². The van der Waals surface area contributed by atoms with Crippen LogP contribution in [0.25, 0.3) is 0 Å². The molecule has 2 rings (SSSR count). The third-order valence-corrected chi connectivity index (χ3v) is 4.32. The van der Waals surface area contributed by atoms with E-state index in [2.05, 4.69) is 42.2 Å². The maximum Gasteiger partial charge on any atom is -0.358 e. The van der Waals surface area contributed by atoms with Crippen LogP contribution >= 0.6 is 0 Å². The zero-order chi connectivity index (χ0) is 13.5. The molecule has 19 heavy (non-hydrogen) atoms. The fourth-order valence-electron chi connectivity index (χ4n) is 1.73. The van der Waals surface area contributed by atoms with Gasteiger partial charge in [0.2, 0.25) is 0 Å². The fourth-order valence-corrected chi connectivity index (χ4v) is 2.39. The van der Waals surface area contributed by atoms with Crippen LogP contribution in [0.4, 0.5) is 0 Å². The Bertz CT molecular complexity index is 421. The number of rotatable bonds is 2. The first kappa shape index (κ1) is 18.3. The third kappa shape index (κ3) is 5.07. The van der Waals surface area contributed by atoms with Gasteiger partial charge in [0.25, 0.3) is 0 Å². The van der Waals surface area contributed by atoms with Gasteiger partial charge in [0.05, 0.1) is 0 Å².